The zero-order valence-corrected chi connectivity index (χ0v) is 19.9. The largest absolute Gasteiger partial charge is 0.497 e. The van der Waals surface area contributed by atoms with E-state index in [1.54, 1.807) is 32.5 Å². The summed E-state index contributed by atoms with van der Waals surface area (Å²) in [7, 11) is 3.19. The second-order valence-corrected chi connectivity index (χ2v) is 8.60. The van der Waals surface area contributed by atoms with Gasteiger partial charge < -0.3 is 24.4 Å². The SMILES string of the molecule is COc1cc(COc2cc(NC(=O)c3cnc(N4CCN(C5CC5)CC4)cn3)[nH]n2)cc(OC)c1. The number of carbonyl (C=O) groups is 1. The standard InChI is InChI=1S/C24H29N7O4/c1-33-18-9-16(10-19(11-18)34-2)15-35-23-12-21(28-29-23)27-24(32)20-13-26-22(14-25-20)31-7-5-30(6-8-31)17-3-4-17/h9-14,17H,3-8,15H2,1-2H3,(H2,27,28,29,32). The average Bonchev–Trinajstić information content (AvgIpc) is 3.67. The summed E-state index contributed by atoms with van der Waals surface area (Å²) < 4.78 is 16.3. The van der Waals surface area contributed by atoms with Gasteiger partial charge in [-0.1, -0.05) is 0 Å². The van der Waals surface area contributed by atoms with E-state index in [2.05, 4.69) is 35.3 Å². The molecule has 0 spiro atoms. The zero-order chi connectivity index (χ0) is 24.2. The Morgan fingerprint density at radius 1 is 1.03 bits per heavy atom. The van der Waals surface area contributed by atoms with Crippen LogP contribution in [0.3, 0.4) is 0 Å². The van der Waals surface area contributed by atoms with Crippen LogP contribution in [0.1, 0.15) is 28.9 Å². The second-order valence-electron chi connectivity index (χ2n) is 8.60. The Bertz CT molecular complexity index is 1130. The van der Waals surface area contributed by atoms with E-state index in [4.69, 9.17) is 14.2 Å². The number of nitrogens with zero attached hydrogens (tertiary/aromatic N) is 5. The molecular weight excluding hydrogens is 450 g/mol. The van der Waals surface area contributed by atoms with Crippen molar-refractivity contribution in [3.63, 3.8) is 0 Å². The van der Waals surface area contributed by atoms with Gasteiger partial charge in [0.1, 0.15) is 35.4 Å². The summed E-state index contributed by atoms with van der Waals surface area (Å²) in [5, 5.41) is 9.58. The van der Waals surface area contributed by atoms with Gasteiger partial charge in [0, 0.05) is 44.4 Å². The summed E-state index contributed by atoms with van der Waals surface area (Å²) in [4.78, 5) is 26.1. The number of aromatic amines is 1. The van der Waals surface area contributed by atoms with E-state index in [9.17, 15) is 4.79 Å². The highest BCUT2D eigenvalue weighted by molar-refractivity contribution is 6.02. The third kappa shape index (κ3) is 5.62. The van der Waals surface area contributed by atoms with Crippen LogP contribution in [0, 0.1) is 0 Å². The fraction of sp³-hybridized carbons (Fsp3) is 0.417. The number of nitrogens with one attached hydrogen (secondary N) is 2. The molecule has 0 radical (unpaired) electrons. The summed E-state index contributed by atoms with van der Waals surface area (Å²) in [6.45, 7) is 4.20. The third-order valence-corrected chi connectivity index (χ3v) is 6.17. The van der Waals surface area contributed by atoms with E-state index < -0.39 is 0 Å². The Balaban J connectivity index is 1.13. The minimum atomic E-state index is -0.379. The molecule has 0 unspecified atom stereocenters. The summed E-state index contributed by atoms with van der Waals surface area (Å²) in [6, 6.07) is 7.89. The first kappa shape index (κ1) is 22.9. The van der Waals surface area contributed by atoms with Crippen molar-refractivity contribution in [2.24, 2.45) is 0 Å². The molecule has 2 fully saturated rings. The first-order valence-corrected chi connectivity index (χ1v) is 11.6. The lowest BCUT2D eigenvalue weighted by Gasteiger charge is -2.35. The molecule has 1 amide bonds. The van der Waals surface area contributed by atoms with Crippen LogP contribution in [0.15, 0.2) is 36.7 Å². The number of H-pyrrole nitrogens is 1. The number of piperazine rings is 1. The van der Waals surface area contributed by atoms with Crippen LogP contribution in [-0.4, -0.2) is 77.4 Å². The van der Waals surface area contributed by atoms with Crippen LogP contribution >= 0.6 is 0 Å². The van der Waals surface area contributed by atoms with E-state index >= 15 is 0 Å². The van der Waals surface area contributed by atoms with Crippen LogP contribution in [-0.2, 0) is 6.61 Å². The zero-order valence-electron chi connectivity index (χ0n) is 19.9. The molecular formula is C24H29N7O4. The number of hydrogen-bond donors (Lipinski definition) is 2. The van der Waals surface area contributed by atoms with Gasteiger partial charge in [0.2, 0.25) is 5.88 Å². The second kappa shape index (κ2) is 10.2. The van der Waals surface area contributed by atoms with Crippen molar-refractivity contribution in [3.8, 4) is 17.4 Å². The topological polar surface area (TPSA) is 118 Å². The van der Waals surface area contributed by atoms with Crippen LogP contribution in [0.2, 0.25) is 0 Å². The van der Waals surface area contributed by atoms with Crippen molar-refractivity contribution < 1.29 is 19.0 Å². The average molecular weight is 480 g/mol. The number of hydrogen-bond acceptors (Lipinski definition) is 9. The molecule has 35 heavy (non-hydrogen) atoms. The van der Waals surface area contributed by atoms with Crippen molar-refractivity contribution in [3.05, 3.63) is 47.9 Å². The lowest BCUT2D eigenvalue weighted by atomic mass is 10.2. The molecule has 2 aromatic heterocycles. The first-order valence-electron chi connectivity index (χ1n) is 11.6. The van der Waals surface area contributed by atoms with Crippen LogP contribution < -0.4 is 24.4 Å². The van der Waals surface area contributed by atoms with Crippen molar-refractivity contribution in [2.75, 3.05) is 50.6 Å². The van der Waals surface area contributed by atoms with Crippen molar-refractivity contribution >= 4 is 17.5 Å². The van der Waals surface area contributed by atoms with Gasteiger partial charge in [-0.25, -0.2) is 9.97 Å². The fourth-order valence-corrected chi connectivity index (χ4v) is 4.09. The van der Waals surface area contributed by atoms with E-state index in [0.29, 0.717) is 23.2 Å². The maximum absolute atomic E-state index is 12.6. The number of anilines is 2. The molecule has 1 aliphatic heterocycles. The molecule has 3 heterocycles. The Morgan fingerprint density at radius 2 is 1.77 bits per heavy atom. The van der Waals surface area contributed by atoms with Gasteiger partial charge in [0.15, 0.2) is 0 Å². The number of benzene rings is 1. The summed E-state index contributed by atoms with van der Waals surface area (Å²) in [5.41, 5.74) is 1.09. The molecule has 0 bridgehead atoms. The molecule has 184 valence electrons. The minimum Gasteiger partial charge on any atom is -0.497 e. The maximum atomic E-state index is 12.6. The highest BCUT2D eigenvalue weighted by Gasteiger charge is 2.31. The van der Waals surface area contributed by atoms with Gasteiger partial charge in [-0.3, -0.25) is 14.8 Å². The highest BCUT2D eigenvalue weighted by atomic mass is 16.5. The monoisotopic (exact) mass is 479 g/mol. The van der Waals surface area contributed by atoms with Crippen LogP contribution in [0.5, 0.6) is 17.4 Å². The predicted octanol–water partition coefficient (Wildman–Crippen LogP) is 2.33. The maximum Gasteiger partial charge on any atom is 0.277 e. The van der Waals surface area contributed by atoms with E-state index in [-0.39, 0.29) is 18.2 Å². The molecule has 1 saturated heterocycles. The normalized spacial score (nSPS) is 16.1. The summed E-state index contributed by atoms with van der Waals surface area (Å²) in [5.74, 6) is 2.50. The van der Waals surface area contributed by atoms with Crippen molar-refractivity contribution in [2.45, 2.75) is 25.5 Å². The third-order valence-electron chi connectivity index (χ3n) is 6.17. The lowest BCUT2D eigenvalue weighted by molar-refractivity contribution is 0.102. The number of aromatic nitrogens is 4. The van der Waals surface area contributed by atoms with Crippen molar-refractivity contribution in [1.82, 2.24) is 25.1 Å². The predicted molar refractivity (Wildman–Crippen MR) is 129 cm³/mol. The molecule has 11 nitrogen and oxygen atoms in total. The first-order chi connectivity index (χ1) is 17.1. The van der Waals surface area contributed by atoms with Gasteiger partial charge in [-0.15, -0.1) is 5.10 Å². The summed E-state index contributed by atoms with van der Waals surface area (Å²) in [6.07, 6.45) is 5.81. The fourth-order valence-electron chi connectivity index (χ4n) is 4.09. The van der Waals surface area contributed by atoms with E-state index in [1.807, 2.05) is 12.1 Å². The molecule has 11 heteroatoms. The van der Waals surface area contributed by atoms with Gasteiger partial charge >= 0.3 is 0 Å². The van der Waals surface area contributed by atoms with Crippen LogP contribution in [0.25, 0.3) is 0 Å². The smallest absolute Gasteiger partial charge is 0.277 e. The van der Waals surface area contributed by atoms with E-state index in [0.717, 1.165) is 43.6 Å². The number of rotatable bonds is 9. The Hall–Kier alpha value is -3.86. The molecule has 3 aromatic rings. The molecule has 1 aliphatic carbocycles. The van der Waals surface area contributed by atoms with Gasteiger partial charge in [0.05, 0.1) is 26.6 Å². The number of amides is 1. The van der Waals surface area contributed by atoms with Gasteiger partial charge in [-0.05, 0) is 30.5 Å². The lowest BCUT2D eigenvalue weighted by Crippen LogP contribution is -2.47. The quantitative estimate of drug-likeness (QED) is 0.477. The molecule has 5 rings (SSSR count). The van der Waals surface area contributed by atoms with Gasteiger partial charge in [-0.2, -0.15) is 0 Å². The molecule has 2 N–H and O–H groups in total. The minimum absolute atomic E-state index is 0.228. The Morgan fingerprint density at radius 3 is 2.40 bits per heavy atom. The number of carbonyl (C=O) groups excluding carboxylic acids is 1. The van der Waals surface area contributed by atoms with E-state index in [1.165, 1.54) is 19.0 Å². The molecule has 1 aromatic carbocycles. The Kier molecular flexibility index (Phi) is 6.66. The number of methoxy groups -OCH3 is 2. The van der Waals surface area contributed by atoms with Crippen LogP contribution in [0.4, 0.5) is 11.6 Å². The Labute approximate surface area is 203 Å². The number of ether oxygens (including phenoxy) is 3. The molecule has 1 saturated carbocycles. The van der Waals surface area contributed by atoms with Gasteiger partial charge in [0.25, 0.3) is 5.91 Å². The highest BCUT2D eigenvalue weighted by Crippen LogP contribution is 2.28. The molecule has 2 aliphatic rings. The molecule has 0 atom stereocenters. The summed E-state index contributed by atoms with van der Waals surface area (Å²) >= 11 is 0. The van der Waals surface area contributed by atoms with Crippen molar-refractivity contribution in [1.29, 1.82) is 0 Å².